The Balaban J connectivity index is 2.30. The second-order valence-corrected chi connectivity index (χ2v) is 4.54. The lowest BCUT2D eigenvalue weighted by Gasteiger charge is -1.99. The zero-order valence-corrected chi connectivity index (χ0v) is 10.2. The van der Waals surface area contributed by atoms with Crippen molar-refractivity contribution in [3.8, 4) is 0 Å². The maximum Gasteiger partial charge on any atom is 0.234 e. The summed E-state index contributed by atoms with van der Waals surface area (Å²) in [7, 11) is 0. The molecule has 1 aromatic heterocycles. The number of rotatable bonds is 7. The van der Waals surface area contributed by atoms with Gasteiger partial charge in [0.2, 0.25) is 5.91 Å². The van der Waals surface area contributed by atoms with Crippen molar-refractivity contribution < 1.29 is 4.79 Å². The SMILES string of the molecule is CCSCCn1cc(CNC(=O)CN)nn1. The van der Waals surface area contributed by atoms with Gasteiger partial charge >= 0.3 is 0 Å². The number of aryl methyl sites for hydroxylation is 1. The van der Waals surface area contributed by atoms with Crippen LogP contribution >= 0.6 is 11.8 Å². The van der Waals surface area contributed by atoms with Crippen LogP contribution in [0.1, 0.15) is 12.6 Å². The van der Waals surface area contributed by atoms with Crippen molar-refractivity contribution in [3.63, 3.8) is 0 Å². The normalized spacial score (nSPS) is 10.4. The number of carbonyl (C=O) groups is 1. The van der Waals surface area contributed by atoms with Crippen molar-refractivity contribution in [2.45, 2.75) is 20.0 Å². The van der Waals surface area contributed by atoms with E-state index in [-0.39, 0.29) is 12.5 Å². The van der Waals surface area contributed by atoms with Crippen LogP contribution in [0.25, 0.3) is 0 Å². The smallest absolute Gasteiger partial charge is 0.234 e. The van der Waals surface area contributed by atoms with E-state index >= 15 is 0 Å². The molecule has 0 aromatic carbocycles. The Labute approximate surface area is 99.0 Å². The summed E-state index contributed by atoms with van der Waals surface area (Å²) in [5, 5.41) is 10.6. The second kappa shape index (κ2) is 7.24. The van der Waals surface area contributed by atoms with Crippen molar-refractivity contribution in [3.05, 3.63) is 11.9 Å². The molecular formula is C9H17N5OS. The Kier molecular flexibility index (Phi) is 5.87. The number of carbonyl (C=O) groups excluding carboxylic acids is 1. The van der Waals surface area contributed by atoms with Gasteiger partial charge < -0.3 is 11.1 Å². The molecule has 1 amide bonds. The van der Waals surface area contributed by atoms with Crippen LogP contribution in [0.2, 0.25) is 0 Å². The lowest BCUT2D eigenvalue weighted by molar-refractivity contribution is -0.119. The van der Waals surface area contributed by atoms with E-state index in [1.807, 2.05) is 18.0 Å². The van der Waals surface area contributed by atoms with Crippen LogP contribution in [0.5, 0.6) is 0 Å². The molecule has 0 saturated heterocycles. The highest BCUT2D eigenvalue weighted by atomic mass is 32.2. The summed E-state index contributed by atoms with van der Waals surface area (Å²) in [6.45, 7) is 3.36. The minimum Gasteiger partial charge on any atom is -0.349 e. The Bertz CT molecular complexity index is 327. The van der Waals surface area contributed by atoms with Crippen LogP contribution < -0.4 is 11.1 Å². The van der Waals surface area contributed by atoms with Gasteiger partial charge in [0, 0.05) is 5.75 Å². The molecular weight excluding hydrogens is 226 g/mol. The van der Waals surface area contributed by atoms with Crippen molar-refractivity contribution >= 4 is 17.7 Å². The second-order valence-electron chi connectivity index (χ2n) is 3.15. The van der Waals surface area contributed by atoms with Crippen LogP contribution in [0.4, 0.5) is 0 Å². The summed E-state index contributed by atoms with van der Waals surface area (Å²) in [6.07, 6.45) is 1.84. The molecule has 0 aliphatic carbocycles. The first-order valence-corrected chi connectivity index (χ1v) is 6.35. The van der Waals surface area contributed by atoms with Gasteiger partial charge in [-0.25, -0.2) is 0 Å². The van der Waals surface area contributed by atoms with Gasteiger partial charge in [-0.05, 0) is 5.75 Å². The molecule has 7 heteroatoms. The van der Waals surface area contributed by atoms with Gasteiger partial charge in [0.25, 0.3) is 0 Å². The monoisotopic (exact) mass is 243 g/mol. The van der Waals surface area contributed by atoms with E-state index in [0.29, 0.717) is 6.54 Å². The van der Waals surface area contributed by atoms with Crippen molar-refractivity contribution in [2.24, 2.45) is 5.73 Å². The number of hydrogen-bond donors (Lipinski definition) is 2. The molecule has 0 radical (unpaired) electrons. The Hall–Kier alpha value is -1.08. The summed E-state index contributed by atoms with van der Waals surface area (Å²) >= 11 is 1.86. The lowest BCUT2D eigenvalue weighted by Crippen LogP contribution is -2.29. The molecule has 16 heavy (non-hydrogen) atoms. The molecule has 0 aliphatic rings. The molecule has 1 rings (SSSR count). The van der Waals surface area contributed by atoms with Crippen LogP contribution in [0.3, 0.4) is 0 Å². The molecule has 0 spiro atoms. The number of aromatic nitrogens is 3. The van der Waals surface area contributed by atoms with E-state index in [4.69, 9.17) is 5.73 Å². The highest BCUT2D eigenvalue weighted by Gasteiger charge is 2.02. The third kappa shape index (κ3) is 4.63. The van der Waals surface area contributed by atoms with E-state index < -0.39 is 0 Å². The predicted octanol–water partition coefficient (Wildman–Crippen LogP) is -0.394. The maximum absolute atomic E-state index is 10.9. The van der Waals surface area contributed by atoms with Crippen LogP contribution in [-0.4, -0.2) is 39.0 Å². The molecule has 3 N–H and O–H groups in total. The fraction of sp³-hybridized carbons (Fsp3) is 0.667. The van der Waals surface area contributed by atoms with Gasteiger partial charge in [-0.1, -0.05) is 12.1 Å². The summed E-state index contributed by atoms with van der Waals surface area (Å²) in [5.74, 6) is 1.94. The van der Waals surface area contributed by atoms with Gasteiger partial charge in [-0.15, -0.1) is 5.10 Å². The lowest BCUT2D eigenvalue weighted by atomic mass is 10.4. The van der Waals surface area contributed by atoms with E-state index in [1.165, 1.54) is 0 Å². The molecule has 0 atom stereocenters. The standard InChI is InChI=1S/C9H17N5OS/c1-2-16-4-3-14-7-8(12-13-14)6-11-9(15)5-10/h7H,2-6,10H2,1H3,(H,11,15). The molecule has 1 aromatic rings. The van der Waals surface area contributed by atoms with Gasteiger partial charge in [-0.2, -0.15) is 11.8 Å². The van der Waals surface area contributed by atoms with Gasteiger partial charge in [0.15, 0.2) is 0 Å². The topological polar surface area (TPSA) is 85.8 Å². The number of nitrogens with two attached hydrogens (primary N) is 1. The van der Waals surface area contributed by atoms with Crippen molar-refractivity contribution in [2.75, 3.05) is 18.1 Å². The Morgan fingerprint density at radius 1 is 1.69 bits per heavy atom. The summed E-state index contributed by atoms with van der Waals surface area (Å²) in [5.41, 5.74) is 5.92. The molecule has 90 valence electrons. The van der Waals surface area contributed by atoms with E-state index in [2.05, 4.69) is 22.6 Å². The molecule has 6 nitrogen and oxygen atoms in total. The fourth-order valence-electron chi connectivity index (χ4n) is 1.09. The minimum atomic E-state index is -0.184. The molecule has 0 aliphatic heterocycles. The number of thioether (sulfide) groups is 1. The van der Waals surface area contributed by atoms with Gasteiger partial charge in [0.05, 0.1) is 25.8 Å². The number of nitrogens with one attached hydrogen (secondary N) is 1. The maximum atomic E-state index is 10.9. The van der Waals surface area contributed by atoms with E-state index in [0.717, 1.165) is 23.7 Å². The third-order valence-electron chi connectivity index (χ3n) is 1.91. The Morgan fingerprint density at radius 2 is 2.50 bits per heavy atom. The highest BCUT2D eigenvalue weighted by Crippen LogP contribution is 2.00. The fourth-order valence-corrected chi connectivity index (χ4v) is 1.70. The summed E-state index contributed by atoms with van der Waals surface area (Å²) < 4.78 is 1.78. The van der Waals surface area contributed by atoms with Crippen molar-refractivity contribution in [1.29, 1.82) is 0 Å². The number of nitrogens with zero attached hydrogens (tertiary/aromatic N) is 3. The zero-order chi connectivity index (χ0) is 11.8. The Morgan fingerprint density at radius 3 is 3.19 bits per heavy atom. The molecule has 0 fully saturated rings. The summed E-state index contributed by atoms with van der Waals surface area (Å²) in [6, 6.07) is 0. The van der Waals surface area contributed by atoms with Crippen LogP contribution in [-0.2, 0) is 17.9 Å². The van der Waals surface area contributed by atoms with Gasteiger partial charge in [-0.3, -0.25) is 9.48 Å². The highest BCUT2D eigenvalue weighted by molar-refractivity contribution is 7.99. The van der Waals surface area contributed by atoms with Crippen molar-refractivity contribution in [1.82, 2.24) is 20.3 Å². The zero-order valence-electron chi connectivity index (χ0n) is 9.35. The first-order chi connectivity index (χ1) is 7.76. The minimum absolute atomic E-state index is 0.00127. The molecule has 0 saturated carbocycles. The number of hydrogen-bond acceptors (Lipinski definition) is 5. The molecule has 0 bridgehead atoms. The summed E-state index contributed by atoms with van der Waals surface area (Å²) in [4.78, 5) is 10.9. The molecule has 1 heterocycles. The van der Waals surface area contributed by atoms with Crippen LogP contribution in [0.15, 0.2) is 6.20 Å². The number of amides is 1. The first kappa shape index (κ1) is 13.0. The van der Waals surface area contributed by atoms with Crippen LogP contribution in [0, 0.1) is 0 Å². The molecule has 0 unspecified atom stereocenters. The van der Waals surface area contributed by atoms with Gasteiger partial charge in [0.1, 0.15) is 5.69 Å². The first-order valence-electron chi connectivity index (χ1n) is 5.19. The quantitative estimate of drug-likeness (QED) is 0.637. The third-order valence-corrected chi connectivity index (χ3v) is 2.79. The average molecular weight is 243 g/mol. The van der Waals surface area contributed by atoms with E-state index in [1.54, 1.807) is 4.68 Å². The van der Waals surface area contributed by atoms with E-state index in [9.17, 15) is 4.79 Å². The average Bonchev–Trinajstić information content (AvgIpc) is 2.74. The largest absolute Gasteiger partial charge is 0.349 e. The predicted molar refractivity (Wildman–Crippen MR) is 63.9 cm³/mol.